The molecule has 1 aromatic carbocycles. The first kappa shape index (κ1) is 18.6. The predicted octanol–water partition coefficient (Wildman–Crippen LogP) is 2.59. The van der Waals surface area contributed by atoms with E-state index in [0.29, 0.717) is 34.8 Å². The summed E-state index contributed by atoms with van der Waals surface area (Å²) in [4.78, 5) is 26.4. The molecule has 2 heterocycles. The predicted molar refractivity (Wildman–Crippen MR) is 96.4 cm³/mol. The lowest BCUT2D eigenvalue weighted by Crippen LogP contribution is -2.26. The number of carboxylic acids is 1. The number of amides is 1. The molecule has 9 heteroatoms. The highest BCUT2D eigenvalue weighted by Gasteiger charge is 2.31. The fraction of sp³-hybridized carbons (Fsp3) is 0.389. The van der Waals surface area contributed by atoms with Gasteiger partial charge in [0.05, 0.1) is 18.7 Å². The molecule has 0 spiro atoms. The highest BCUT2D eigenvalue weighted by atomic mass is 16.4. The third-order valence-corrected chi connectivity index (χ3v) is 4.18. The maximum absolute atomic E-state index is 10.9. The second-order valence-electron chi connectivity index (χ2n) is 6.77. The molecule has 1 aliphatic rings. The highest BCUT2D eigenvalue weighted by molar-refractivity contribution is 5.77. The van der Waals surface area contributed by atoms with E-state index in [9.17, 15) is 9.59 Å². The third kappa shape index (κ3) is 4.30. The summed E-state index contributed by atoms with van der Waals surface area (Å²) in [6.07, 6.45) is 1.70. The van der Waals surface area contributed by atoms with E-state index in [1.807, 2.05) is 13.8 Å². The van der Waals surface area contributed by atoms with Gasteiger partial charge in [-0.25, -0.2) is 4.98 Å². The van der Waals surface area contributed by atoms with E-state index < -0.39 is 11.9 Å². The second-order valence-corrected chi connectivity index (χ2v) is 6.77. The van der Waals surface area contributed by atoms with E-state index in [4.69, 9.17) is 15.3 Å². The average Bonchev–Trinajstić information content (AvgIpc) is 3.19. The van der Waals surface area contributed by atoms with Crippen LogP contribution in [-0.4, -0.2) is 33.5 Å². The van der Waals surface area contributed by atoms with Crippen molar-refractivity contribution in [2.75, 3.05) is 6.54 Å². The monoisotopic (exact) mass is 371 g/mol. The maximum atomic E-state index is 10.9. The van der Waals surface area contributed by atoms with E-state index >= 15 is 0 Å². The molecule has 1 aromatic heterocycles. The first-order chi connectivity index (χ1) is 12.8. The smallest absolute Gasteiger partial charge is 0.307 e. The van der Waals surface area contributed by atoms with Gasteiger partial charge in [-0.1, -0.05) is 25.1 Å². The molecule has 0 radical (unpaired) electrons. The normalized spacial score (nSPS) is 16.6. The number of fused-ring (bicyclic) bond motifs is 1. The maximum Gasteiger partial charge on any atom is 0.307 e. The van der Waals surface area contributed by atoms with Gasteiger partial charge in [-0.05, 0) is 29.7 Å². The van der Waals surface area contributed by atoms with E-state index in [0.717, 1.165) is 0 Å². The molecule has 1 unspecified atom stereocenters. The first-order valence-electron chi connectivity index (χ1n) is 8.60. The fourth-order valence-electron chi connectivity index (χ4n) is 2.98. The summed E-state index contributed by atoms with van der Waals surface area (Å²) in [5.41, 5.74) is 7.67. The molecule has 0 fully saturated rings. The largest absolute Gasteiger partial charge is 0.481 e. The Kier molecular flexibility index (Phi) is 5.20. The number of aromatic nitrogens is 1. The molecule has 142 valence electrons. The number of hydrogen-bond donors (Lipinski definition) is 2. The van der Waals surface area contributed by atoms with Crippen molar-refractivity contribution < 1.29 is 19.1 Å². The van der Waals surface area contributed by atoms with Gasteiger partial charge in [0.2, 0.25) is 11.8 Å². The lowest BCUT2D eigenvalue weighted by atomic mass is 10.0. The Morgan fingerprint density at radius 1 is 1.41 bits per heavy atom. The van der Waals surface area contributed by atoms with Crippen molar-refractivity contribution in [1.29, 1.82) is 0 Å². The van der Waals surface area contributed by atoms with E-state index in [-0.39, 0.29) is 24.8 Å². The van der Waals surface area contributed by atoms with Gasteiger partial charge in [-0.3, -0.25) is 14.6 Å². The van der Waals surface area contributed by atoms with E-state index in [1.54, 1.807) is 29.3 Å². The Bertz CT molecular complexity index is 931. The van der Waals surface area contributed by atoms with Crippen LogP contribution in [0.4, 0.5) is 0 Å². The topological polar surface area (TPSA) is 134 Å². The Morgan fingerprint density at radius 2 is 2.19 bits per heavy atom. The summed E-state index contributed by atoms with van der Waals surface area (Å²) >= 11 is 0. The minimum atomic E-state index is -0.901. The molecule has 1 amide bonds. The van der Waals surface area contributed by atoms with Crippen molar-refractivity contribution in [3.63, 3.8) is 0 Å². The Balaban J connectivity index is 1.85. The molecule has 0 saturated carbocycles. The third-order valence-electron chi connectivity index (χ3n) is 4.18. The number of carboxylic acid groups (broad SMARTS) is 1. The molecule has 27 heavy (non-hydrogen) atoms. The first-order valence-corrected chi connectivity index (χ1v) is 8.60. The van der Waals surface area contributed by atoms with Crippen molar-refractivity contribution >= 4 is 23.0 Å². The summed E-state index contributed by atoms with van der Waals surface area (Å²) in [6.45, 7) is 4.48. The highest BCUT2D eigenvalue weighted by Crippen LogP contribution is 2.34. The number of rotatable bonds is 7. The van der Waals surface area contributed by atoms with E-state index in [1.165, 1.54) is 0 Å². The van der Waals surface area contributed by atoms with Crippen LogP contribution in [0.5, 0.6) is 0 Å². The zero-order valence-electron chi connectivity index (χ0n) is 15.1. The molecule has 0 saturated heterocycles. The summed E-state index contributed by atoms with van der Waals surface area (Å²) in [5, 5.41) is 19.0. The average molecular weight is 371 g/mol. The van der Waals surface area contributed by atoms with Crippen LogP contribution < -0.4 is 5.73 Å². The lowest BCUT2D eigenvalue weighted by molar-refractivity contribution is -0.136. The van der Waals surface area contributed by atoms with Crippen molar-refractivity contribution in [1.82, 2.24) is 9.99 Å². The quantitative estimate of drug-likeness (QED) is 0.768. The summed E-state index contributed by atoms with van der Waals surface area (Å²) < 4.78 is 5.92. The second kappa shape index (κ2) is 7.56. The Hall–Kier alpha value is -3.23. The number of primary amides is 1. The van der Waals surface area contributed by atoms with Crippen molar-refractivity contribution in [3.8, 4) is 0 Å². The molecule has 1 atom stereocenters. The SMILES string of the molecule is CC(C)C(c1nc2ccc(CC(=O)O)cc2o1)N1C/C(=C/CC(N)=O)N=N1. The van der Waals surface area contributed by atoms with Gasteiger partial charge < -0.3 is 15.3 Å². The van der Waals surface area contributed by atoms with Crippen LogP contribution in [0.25, 0.3) is 11.1 Å². The van der Waals surface area contributed by atoms with Crippen LogP contribution in [0, 0.1) is 5.92 Å². The number of nitrogens with zero attached hydrogens (tertiary/aromatic N) is 4. The fourth-order valence-corrected chi connectivity index (χ4v) is 2.98. The molecule has 9 nitrogen and oxygen atoms in total. The van der Waals surface area contributed by atoms with Gasteiger partial charge >= 0.3 is 5.97 Å². The van der Waals surface area contributed by atoms with Crippen LogP contribution in [-0.2, 0) is 16.0 Å². The van der Waals surface area contributed by atoms with Crippen molar-refractivity contribution in [3.05, 3.63) is 41.4 Å². The number of benzene rings is 1. The van der Waals surface area contributed by atoms with Crippen molar-refractivity contribution in [2.45, 2.75) is 32.7 Å². The van der Waals surface area contributed by atoms with Crippen LogP contribution in [0.3, 0.4) is 0 Å². The molecule has 2 aromatic rings. The van der Waals surface area contributed by atoms with Crippen LogP contribution >= 0.6 is 0 Å². The zero-order valence-corrected chi connectivity index (χ0v) is 15.1. The zero-order chi connectivity index (χ0) is 19.6. The van der Waals surface area contributed by atoms with Crippen molar-refractivity contribution in [2.24, 2.45) is 22.0 Å². The van der Waals surface area contributed by atoms with E-state index in [2.05, 4.69) is 15.3 Å². The lowest BCUT2D eigenvalue weighted by Gasteiger charge is -2.25. The molecule has 0 aliphatic carbocycles. The van der Waals surface area contributed by atoms with Gasteiger partial charge in [-0.2, -0.15) is 0 Å². The van der Waals surface area contributed by atoms with Gasteiger partial charge in [0.1, 0.15) is 11.6 Å². The van der Waals surface area contributed by atoms with Gasteiger partial charge in [0, 0.05) is 6.42 Å². The van der Waals surface area contributed by atoms with Crippen LogP contribution in [0.1, 0.15) is 37.8 Å². The summed E-state index contributed by atoms with van der Waals surface area (Å²) in [6, 6.07) is 4.93. The number of oxazole rings is 1. The molecular formula is C18H21N5O4. The number of carbonyl (C=O) groups excluding carboxylic acids is 1. The van der Waals surface area contributed by atoms with Gasteiger partial charge in [0.25, 0.3) is 0 Å². The van der Waals surface area contributed by atoms with Crippen LogP contribution in [0.15, 0.2) is 44.7 Å². The van der Waals surface area contributed by atoms with Crippen LogP contribution in [0.2, 0.25) is 0 Å². The summed E-state index contributed by atoms with van der Waals surface area (Å²) in [7, 11) is 0. The van der Waals surface area contributed by atoms with Gasteiger partial charge in [0.15, 0.2) is 5.58 Å². The molecule has 0 bridgehead atoms. The number of aliphatic carboxylic acids is 1. The minimum absolute atomic E-state index is 0.0755. The molecule has 3 rings (SSSR count). The number of hydrogen-bond acceptors (Lipinski definition) is 7. The van der Waals surface area contributed by atoms with Gasteiger partial charge in [-0.15, -0.1) is 5.11 Å². The molecule has 1 aliphatic heterocycles. The number of nitrogens with two attached hydrogens (primary N) is 1. The molecular weight excluding hydrogens is 350 g/mol. The number of carbonyl (C=O) groups is 2. The Morgan fingerprint density at radius 3 is 2.85 bits per heavy atom. The minimum Gasteiger partial charge on any atom is -0.481 e. The molecule has 3 N–H and O–H groups in total. The Labute approximate surface area is 155 Å². The summed E-state index contributed by atoms with van der Waals surface area (Å²) in [5.74, 6) is -0.705. The standard InChI is InChI=1S/C18H21N5O4/c1-10(2)17(23-9-12(21-22-23)4-6-15(19)24)18-20-13-5-3-11(8-16(25)26)7-14(13)27-18/h3-5,7,10,17H,6,8-9H2,1-2H3,(H2,19,24)(H,25,26)/b12-4-.